The minimum absolute atomic E-state index is 0.266. The highest BCUT2D eigenvalue weighted by molar-refractivity contribution is 5.81. The van der Waals surface area contributed by atoms with E-state index in [1.807, 2.05) is 13.1 Å². The Morgan fingerprint density at radius 3 is 2.73 bits per heavy atom. The lowest BCUT2D eigenvalue weighted by Gasteiger charge is -2.44. The second-order valence-corrected chi connectivity index (χ2v) is 5.84. The molecular weight excluding hydrogens is 283 g/mol. The molecule has 0 spiro atoms. The Hall–Kier alpha value is -2.12. The fraction of sp³-hybridized carbons (Fsp3) is 0.400. The second kappa shape index (κ2) is 5.58. The number of nitrogens with one attached hydrogen (secondary N) is 2. The molecular formula is C15H21FN6. The molecule has 3 rings (SSSR count). The second-order valence-electron chi connectivity index (χ2n) is 5.84. The number of nitrogens with zero attached hydrogens (tertiary/aromatic N) is 2. The van der Waals surface area contributed by atoms with Crippen LogP contribution in [0.5, 0.6) is 0 Å². The zero-order chi connectivity index (χ0) is 15.7. The standard InChI is InChI=1S/C15H21FN6/c1-19-12-8-22(9-12)13-7-15(18,21-14(17)20-13)6-10-2-4-11(16)5-3-10/h2-5,7,12,19H,6,8-9,18H2,1H3,(H3,17,20,21). The van der Waals surface area contributed by atoms with E-state index in [4.69, 9.17) is 11.5 Å². The number of nitrogens with two attached hydrogens (primary N) is 2. The van der Waals surface area contributed by atoms with Crippen molar-refractivity contribution in [1.29, 1.82) is 0 Å². The molecule has 22 heavy (non-hydrogen) atoms. The average Bonchev–Trinajstić information content (AvgIpc) is 2.39. The van der Waals surface area contributed by atoms with Crippen LogP contribution in [0.1, 0.15) is 5.56 Å². The van der Waals surface area contributed by atoms with Gasteiger partial charge < -0.3 is 27.0 Å². The predicted octanol–water partition coefficient (Wildman–Crippen LogP) is -0.314. The van der Waals surface area contributed by atoms with Crippen molar-refractivity contribution in [1.82, 2.24) is 15.5 Å². The van der Waals surface area contributed by atoms with Crippen LogP contribution in [0, 0.1) is 5.82 Å². The molecule has 2 heterocycles. The van der Waals surface area contributed by atoms with E-state index in [9.17, 15) is 4.39 Å². The Labute approximate surface area is 129 Å². The number of rotatable bonds is 4. The smallest absolute Gasteiger partial charge is 0.196 e. The van der Waals surface area contributed by atoms with Crippen LogP contribution in [0.4, 0.5) is 4.39 Å². The van der Waals surface area contributed by atoms with Gasteiger partial charge in [-0.3, -0.25) is 0 Å². The van der Waals surface area contributed by atoms with Gasteiger partial charge in [0.05, 0.1) is 0 Å². The SMILES string of the molecule is CNC1CN(C2=CC(N)(Cc3ccc(F)cc3)N=C(N)N2)C1. The molecule has 0 bridgehead atoms. The molecule has 7 heteroatoms. The van der Waals surface area contributed by atoms with Crippen molar-refractivity contribution >= 4 is 5.96 Å². The molecule has 0 radical (unpaired) electrons. The Kier molecular flexibility index (Phi) is 3.76. The molecule has 0 amide bonds. The first-order valence-electron chi connectivity index (χ1n) is 7.28. The first kappa shape index (κ1) is 14.8. The van der Waals surface area contributed by atoms with Crippen LogP contribution in [-0.2, 0) is 6.42 Å². The lowest BCUT2D eigenvalue weighted by atomic mass is 9.98. The highest BCUT2D eigenvalue weighted by Gasteiger charge is 2.33. The molecule has 0 aromatic heterocycles. The molecule has 2 aliphatic heterocycles. The predicted molar refractivity (Wildman–Crippen MR) is 84.3 cm³/mol. The first-order valence-corrected chi connectivity index (χ1v) is 7.28. The lowest BCUT2D eigenvalue weighted by molar-refractivity contribution is 0.167. The van der Waals surface area contributed by atoms with Crippen LogP contribution in [0.2, 0.25) is 0 Å². The number of benzene rings is 1. The van der Waals surface area contributed by atoms with Crippen molar-refractivity contribution < 1.29 is 4.39 Å². The fourth-order valence-corrected chi connectivity index (χ4v) is 2.74. The van der Waals surface area contributed by atoms with Crippen LogP contribution in [0.3, 0.4) is 0 Å². The maximum atomic E-state index is 13.0. The average molecular weight is 304 g/mol. The summed E-state index contributed by atoms with van der Waals surface area (Å²) in [7, 11) is 1.95. The summed E-state index contributed by atoms with van der Waals surface area (Å²) in [5.41, 5.74) is 12.2. The third kappa shape index (κ3) is 3.05. The van der Waals surface area contributed by atoms with Gasteiger partial charge in [0.2, 0.25) is 0 Å². The molecule has 1 unspecified atom stereocenters. The van der Waals surface area contributed by atoms with Crippen molar-refractivity contribution in [3.63, 3.8) is 0 Å². The molecule has 0 aliphatic carbocycles. The third-order valence-corrected chi connectivity index (χ3v) is 4.00. The molecule has 0 saturated carbocycles. The summed E-state index contributed by atoms with van der Waals surface area (Å²) in [5.74, 6) is 0.914. The Balaban J connectivity index is 1.76. The van der Waals surface area contributed by atoms with Gasteiger partial charge in [0.1, 0.15) is 17.3 Å². The summed E-state index contributed by atoms with van der Waals surface area (Å²) in [5, 5.41) is 6.28. The minimum atomic E-state index is -0.923. The molecule has 118 valence electrons. The number of hydrogen-bond donors (Lipinski definition) is 4. The van der Waals surface area contributed by atoms with Gasteiger partial charge in [-0.2, -0.15) is 0 Å². The molecule has 1 atom stereocenters. The van der Waals surface area contributed by atoms with Gasteiger partial charge in [-0.05, 0) is 30.8 Å². The van der Waals surface area contributed by atoms with Gasteiger partial charge in [0, 0.05) is 25.6 Å². The van der Waals surface area contributed by atoms with Gasteiger partial charge in [0.25, 0.3) is 0 Å². The summed E-state index contributed by atoms with van der Waals surface area (Å²) in [6.07, 6.45) is 2.35. The van der Waals surface area contributed by atoms with E-state index in [1.165, 1.54) is 12.1 Å². The summed E-state index contributed by atoms with van der Waals surface area (Å²) >= 11 is 0. The van der Waals surface area contributed by atoms with Crippen molar-refractivity contribution in [2.45, 2.75) is 18.1 Å². The van der Waals surface area contributed by atoms with E-state index in [-0.39, 0.29) is 5.82 Å². The van der Waals surface area contributed by atoms with Gasteiger partial charge in [0.15, 0.2) is 5.96 Å². The van der Waals surface area contributed by atoms with Crippen LogP contribution in [-0.4, -0.2) is 42.7 Å². The summed E-state index contributed by atoms with van der Waals surface area (Å²) < 4.78 is 13.0. The lowest BCUT2D eigenvalue weighted by Crippen LogP contribution is -2.60. The minimum Gasteiger partial charge on any atom is -0.370 e. The third-order valence-electron chi connectivity index (χ3n) is 4.00. The first-order chi connectivity index (χ1) is 10.5. The highest BCUT2D eigenvalue weighted by atomic mass is 19.1. The van der Waals surface area contributed by atoms with Crippen molar-refractivity contribution in [2.75, 3.05) is 20.1 Å². The van der Waals surface area contributed by atoms with E-state index < -0.39 is 5.66 Å². The van der Waals surface area contributed by atoms with Crippen LogP contribution < -0.4 is 22.1 Å². The normalized spacial score (nSPS) is 25.1. The largest absolute Gasteiger partial charge is 0.370 e. The van der Waals surface area contributed by atoms with Gasteiger partial charge in [-0.25, -0.2) is 9.38 Å². The number of likely N-dealkylation sites (tertiary alicyclic amines) is 1. The summed E-state index contributed by atoms with van der Waals surface area (Å²) in [4.78, 5) is 6.47. The van der Waals surface area contributed by atoms with E-state index in [2.05, 4.69) is 20.5 Å². The maximum Gasteiger partial charge on any atom is 0.196 e. The number of aliphatic imine (C=N–C) groups is 1. The van der Waals surface area contributed by atoms with Crippen LogP contribution in [0.25, 0.3) is 0 Å². The van der Waals surface area contributed by atoms with Crippen LogP contribution >= 0.6 is 0 Å². The zero-order valence-corrected chi connectivity index (χ0v) is 12.5. The number of halogens is 1. The molecule has 1 saturated heterocycles. The molecule has 1 aromatic carbocycles. The number of hydrogen-bond acceptors (Lipinski definition) is 6. The highest BCUT2D eigenvalue weighted by Crippen LogP contribution is 2.22. The molecule has 6 N–H and O–H groups in total. The molecule has 1 fully saturated rings. The van der Waals surface area contributed by atoms with Gasteiger partial charge in [-0.1, -0.05) is 12.1 Å². The van der Waals surface area contributed by atoms with E-state index in [0.29, 0.717) is 18.4 Å². The van der Waals surface area contributed by atoms with Crippen LogP contribution in [0.15, 0.2) is 41.2 Å². The molecule has 2 aliphatic rings. The van der Waals surface area contributed by atoms with Crippen molar-refractivity contribution in [2.24, 2.45) is 16.5 Å². The Morgan fingerprint density at radius 2 is 2.09 bits per heavy atom. The molecule has 6 nitrogen and oxygen atoms in total. The number of likely N-dealkylation sites (N-methyl/N-ethyl adjacent to an activating group) is 1. The fourth-order valence-electron chi connectivity index (χ4n) is 2.74. The van der Waals surface area contributed by atoms with E-state index in [1.54, 1.807) is 12.1 Å². The zero-order valence-electron chi connectivity index (χ0n) is 12.5. The van der Waals surface area contributed by atoms with E-state index >= 15 is 0 Å². The van der Waals surface area contributed by atoms with Crippen molar-refractivity contribution in [3.05, 3.63) is 47.5 Å². The molecule has 1 aromatic rings. The van der Waals surface area contributed by atoms with Gasteiger partial charge in [-0.15, -0.1) is 0 Å². The Bertz CT molecular complexity index is 605. The summed E-state index contributed by atoms with van der Waals surface area (Å²) in [6.45, 7) is 1.80. The summed E-state index contributed by atoms with van der Waals surface area (Å²) in [6, 6.07) is 6.75. The monoisotopic (exact) mass is 304 g/mol. The quantitative estimate of drug-likeness (QED) is 0.612. The topological polar surface area (TPSA) is 91.7 Å². The number of guanidine groups is 1. The van der Waals surface area contributed by atoms with E-state index in [0.717, 1.165) is 24.5 Å². The van der Waals surface area contributed by atoms with Gasteiger partial charge >= 0.3 is 0 Å². The van der Waals surface area contributed by atoms with Crippen molar-refractivity contribution in [3.8, 4) is 0 Å². The maximum absolute atomic E-state index is 13.0. The Morgan fingerprint density at radius 1 is 1.41 bits per heavy atom.